The van der Waals surface area contributed by atoms with E-state index in [9.17, 15) is 4.79 Å². The van der Waals surface area contributed by atoms with Gasteiger partial charge in [0.2, 0.25) is 0 Å². The second-order valence-electron chi connectivity index (χ2n) is 7.75. The first-order valence-electron chi connectivity index (χ1n) is 8.61. The summed E-state index contributed by atoms with van der Waals surface area (Å²) in [6.07, 6.45) is 10.3. The summed E-state index contributed by atoms with van der Waals surface area (Å²) in [4.78, 5) is 12.0. The Bertz CT molecular complexity index is 347. The molecule has 2 aliphatic rings. The van der Waals surface area contributed by atoms with Gasteiger partial charge >= 0.3 is 5.97 Å². The van der Waals surface area contributed by atoms with Gasteiger partial charge in [-0.3, -0.25) is 4.79 Å². The number of hydrogen-bond acceptors (Lipinski definition) is 2. The van der Waals surface area contributed by atoms with Crippen molar-refractivity contribution in [3.8, 4) is 0 Å². The van der Waals surface area contributed by atoms with E-state index in [1.54, 1.807) is 0 Å². The molecule has 2 rings (SSSR count). The standard InChI is InChI=1S/C18H32O2/c1-5-6-7-8-9-10-16(19)20-15-13-14-11-12-18(15,4)17(14,2)3/h14-15H,5-13H2,1-4H3/t14-,15+,18-/m1/s1. The molecule has 0 aliphatic heterocycles. The van der Waals surface area contributed by atoms with Crippen LogP contribution in [0.2, 0.25) is 0 Å². The fourth-order valence-corrected chi connectivity index (χ4v) is 4.40. The van der Waals surface area contributed by atoms with E-state index in [2.05, 4.69) is 27.7 Å². The lowest BCUT2D eigenvalue weighted by molar-refractivity contribution is -0.157. The molecule has 2 fully saturated rings. The van der Waals surface area contributed by atoms with Crippen LogP contribution >= 0.6 is 0 Å². The number of carbonyl (C=O) groups is 1. The van der Waals surface area contributed by atoms with E-state index in [0.717, 1.165) is 18.8 Å². The normalized spacial score (nSPS) is 34.4. The molecule has 0 radical (unpaired) electrons. The zero-order valence-electron chi connectivity index (χ0n) is 13.8. The smallest absolute Gasteiger partial charge is 0.306 e. The Kier molecular flexibility index (Phi) is 4.81. The number of hydrogen-bond donors (Lipinski definition) is 0. The van der Waals surface area contributed by atoms with Crippen molar-refractivity contribution in [3.63, 3.8) is 0 Å². The van der Waals surface area contributed by atoms with Crippen molar-refractivity contribution >= 4 is 5.97 Å². The van der Waals surface area contributed by atoms with Crippen LogP contribution in [0.4, 0.5) is 0 Å². The van der Waals surface area contributed by atoms with E-state index in [-0.39, 0.29) is 17.5 Å². The van der Waals surface area contributed by atoms with Crippen molar-refractivity contribution in [1.29, 1.82) is 0 Å². The first-order chi connectivity index (χ1) is 9.41. The average molecular weight is 280 g/mol. The molecule has 2 saturated carbocycles. The predicted molar refractivity (Wildman–Crippen MR) is 82.5 cm³/mol. The summed E-state index contributed by atoms with van der Waals surface area (Å²) in [6.45, 7) is 9.28. The molecule has 116 valence electrons. The van der Waals surface area contributed by atoms with Crippen LogP contribution in [0.5, 0.6) is 0 Å². The summed E-state index contributed by atoms with van der Waals surface area (Å²) >= 11 is 0. The van der Waals surface area contributed by atoms with Crippen LogP contribution in [-0.2, 0) is 9.53 Å². The Labute approximate surface area is 124 Å². The number of ether oxygens (including phenoxy) is 1. The maximum Gasteiger partial charge on any atom is 0.306 e. The van der Waals surface area contributed by atoms with Crippen LogP contribution in [0.15, 0.2) is 0 Å². The molecule has 0 aromatic rings. The molecule has 3 atom stereocenters. The second-order valence-corrected chi connectivity index (χ2v) is 7.75. The molecule has 0 spiro atoms. The lowest BCUT2D eigenvalue weighted by Gasteiger charge is -2.38. The highest BCUT2D eigenvalue weighted by Gasteiger charge is 2.62. The SMILES string of the molecule is CCCCCCCC(=O)O[C@H]1C[C@H]2CC[C@@]1(C)C2(C)C. The molecule has 0 unspecified atom stereocenters. The minimum absolute atomic E-state index is 0.0380. The molecule has 0 amide bonds. The minimum atomic E-state index is 0.0380. The highest BCUT2D eigenvalue weighted by molar-refractivity contribution is 5.69. The third-order valence-corrected chi connectivity index (χ3v) is 6.47. The summed E-state index contributed by atoms with van der Waals surface area (Å²) in [6, 6.07) is 0. The van der Waals surface area contributed by atoms with Gasteiger partial charge in [0.25, 0.3) is 0 Å². The Morgan fingerprint density at radius 3 is 2.40 bits per heavy atom. The number of unbranched alkanes of at least 4 members (excludes halogenated alkanes) is 4. The quantitative estimate of drug-likeness (QED) is 0.479. The fraction of sp³-hybridized carbons (Fsp3) is 0.944. The molecule has 0 heterocycles. The van der Waals surface area contributed by atoms with E-state index in [0.29, 0.717) is 11.8 Å². The maximum atomic E-state index is 12.0. The molecule has 0 N–H and O–H groups in total. The van der Waals surface area contributed by atoms with Crippen LogP contribution < -0.4 is 0 Å². The third kappa shape index (κ3) is 2.76. The van der Waals surface area contributed by atoms with Gasteiger partial charge < -0.3 is 4.74 Å². The van der Waals surface area contributed by atoms with Gasteiger partial charge in [-0.15, -0.1) is 0 Å². The largest absolute Gasteiger partial charge is 0.462 e. The van der Waals surface area contributed by atoms with Crippen molar-refractivity contribution < 1.29 is 9.53 Å². The molecule has 0 aromatic heterocycles. The fourth-order valence-electron chi connectivity index (χ4n) is 4.40. The summed E-state index contributed by atoms with van der Waals surface area (Å²) in [5, 5.41) is 0. The molecule has 0 aromatic carbocycles. The van der Waals surface area contributed by atoms with Gasteiger partial charge in [-0.05, 0) is 37.0 Å². The second kappa shape index (κ2) is 6.07. The van der Waals surface area contributed by atoms with E-state index >= 15 is 0 Å². The molecule has 2 heteroatoms. The van der Waals surface area contributed by atoms with Gasteiger partial charge in [0.15, 0.2) is 0 Å². The number of carbonyl (C=O) groups excluding carboxylic acids is 1. The first-order valence-corrected chi connectivity index (χ1v) is 8.61. The number of fused-ring (bicyclic) bond motifs is 2. The van der Waals surface area contributed by atoms with Crippen LogP contribution in [0, 0.1) is 16.7 Å². The zero-order valence-corrected chi connectivity index (χ0v) is 13.8. The minimum Gasteiger partial charge on any atom is -0.462 e. The maximum absolute atomic E-state index is 12.0. The van der Waals surface area contributed by atoms with E-state index in [4.69, 9.17) is 4.74 Å². The van der Waals surface area contributed by atoms with Gasteiger partial charge in [-0.1, -0.05) is 53.4 Å². The highest BCUT2D eigenvalue weighted by Crippen LogP contribution is 2.66. The van der Waals surface area contributed by atoms with Crippen LogP contribution in [0.1, 0.15) is 85.5 Å². The summed E-state index contributed by atoms with van der Waals surface area (Å²) in [7, 11) is 0. The van der Waals surface area contributed by atoms with Crippen molar-refractivity contribution in [3.05, 3.63) is 0 Å². The van der Waals surface area contributed by atoms with Crippen LogP contribution in [0.25, 0.3) is 0 Å². The Morgan fingerprint density at radius 2 is 1.85 bits per heavy atom. The Balaban J connectivity index is 1.76. The molecule has 20 heavy (non-hydrogen) atoms. The van der Waals surface area contributed by atoms with Crippen LogP contribution in [0.3, 0.4) is 0 Å². The van der Waals surface area contributed by atoms with Gasteiger partial charge in [0.05, 0.1) is 0 Å². The van der Waals surface area contributed by atoms with E-state index in [1.165, 1.54) is 38.5 Å². The molecular formula is C18H32O2. The summed E-state index contributed by atoms with van der Waals surface area (Å²) in [5.74, 6) is 0.783. The monoisotopic (exact) mass is 280 g/mol. The Hall–Kier alpha value is -0.530. The first kappa shape index (κ1) is 15.9. The van der Waals surface area contributed by atoms with Gasteiger partial charge in [-0.25, -0.2) is 0 Å². The van der Waals surface area contributed by atoms with E-state index in [1.807, 2.05) is 0 Å². The van der Waals surface area contributed by atoms with Crippen LogP contribution in [-0.4, -0.2) is 12.1 Å². The van der Waals surface area contributed by atoms with Crippen molar-refractivity contribution in [2.45, 2.75) is 91.6 Å². The number of rotatable bonds is 7. The molecule has 0 saturated heterocycles. The average Bonchev–Trinajstić information content (AvgIpc) is 2.71. The van der Waals surface area contributed by atoms with E-state index < -0.39 is 0 Å². The van der Waals surface area contributed by atoms with Crippen molar-refractivity contribution in [2.75, 3.05) is 0 Å². The lowest BCUT2D eigenvalue weighted by atomic mass is 9.70. The molecular weight excluding hydrogens is 248 g/mol. The van der Waals surface area contributed by atoms with Gasteiger partial charge in [-0.2, -0.15) is 0 Å². The lowest BCUT2D eigenvalue weighted by Crippen LogP contribution is -2.38. The van der Waals surface area contributed by atoms with Gasteiger partial charge in [0.1, 0.15) is 6.10 Å². The molecule has 2 nitrogen and oxygen atoms in total. The van der Waals surface area contributed by atoms with Crippen molar-refractivity contribution in [1.82, 2.24) is 0 Å². The number of esters is 1. The third-order valence-electron chi connectivity index (χ3n) is 6.47. The highest BCUT2D eigenvalue weighted by atomic mass is 16.5. The Morgan fingerprint density at radius 1 is 1.15 bits per heavy atom. The van der Waals surface area contributed by atoms with Crippen molar-refractivity contribution in [2.24, 2.45) is 16.7 Å². The molecule has 2 bridgehead atoms. The van der Waals surface area contributed by atoms with Gasteiger partial charge in [0, 0.05) is 11.8 Å². The predicted octanol–water partition coefficient (Wildman–Crippen LogP) is 5.10. The zero-order chi connectivity index (χ0) is 14.8. The summed E-state index contributed by atoms with van der Waals surface area (Å²) in [5.41, 5.74) is 0.536. The summed E-state index contributed by atoms with van der Waals surface area (Å²) < 4.78 is 5.85. The molecule has 2 aliphatic carbocycles. The topological polar surface area (TPSA) is 26.3 Å².